The van der Waals surface area contributed by atoms with E-state index in [0.29, 0.717) is 37.6 Å². The lowest BCUT2D eigenvalue weighted by molar-refractivity contribution is -0.137. The molecule has 1 saturated heterocycles. The molecule has 2 aromatic rings. The fourth-order valence-corrected chi connectivity index (χ4v) is 9.39. The van der Waals surface area contributed by atoms with Gasteiger partial charge in [-0.25, -0.2) is 13.6 Å². The van der Waals surface area contributed by atoms with Gasteiger partial charge in [0.2, 0.25) is 0 Å². The maximum absolute atomic E-state index is 15.5. The zero-order valence-electron chi connectivity index (χ0n) is 21.7. The molecule has 0 radical (unpaired) electrons. The van der Waals surface area contributed by atoms with Crippen LogP contribution in [-0.4, -0.2) is 35.1 Å². The Balaban J connectivity index is 1.90. The minimum Gasteiger partial charge on any atom is -0.296 e. The summed E-state index contributed by atoms with van der Waals surface area (Å²) in [7, 11) is -2.96. The molecule has 0 spiro atoms. The summed E-state index contributed by atoms with van der Waals surface area (Å²) in [5.41, 5.74) is -0.790. The van der Waals surface area contributed by atoms with Crippen LogP contribution in [-0.2, 0) is 15.7 Å². The summed E-state index contributed by atoms with van der Waals surface area (Å²) in [6, 6.07) is 7.74. The first-order valence-electron chi connectivity index (χ1n) is 12.9. The molecule has 1 saturated carbocycles. The van der Waals surface area contributed by atoms with Crippen LogP contribution < -0.4 is 0 Å². The van der Waals surface area contributed by atoms with Crippen LogP contribution >= 0.6 is 9.21 Å². The van der Waals surface area contributed by atoms with Gasteiger partial charge in [0.05, 0.1) is 5.56 Å². The van der Waals surface area contributed by atoms with E-state index >= 15 is 4.39 Å². The number of rotatable bonds is 6. The highest BCUT2D eigenvalue weighted by Gasteiger charge is 2.51. The van der Waals surface area contributed by atoms with Crippen molar-refractivity contribution in [1.82, 2.24) is 4.90 Å². The maximum atomic E-state index is 15.5. The van der Waals surface area contributed by atoms with Crippen molar-refractivity contribution in [2.45, 2.75) is 61.4 Å². The summed E-state index contributed by atoms with van der Waals surface area (Å²) in [6.07, 6.45) is -0.503. The average molecular weight is 552 g/mol. The van der Waals surface area contributed by atoms with E-state index in [1.165, 1.54) is 12.1 Å². The molecular weight excluding hydrogens is 517 g/mol. The Hall–Kier alpha value is -2.41. The smallest absolute Gasteiger partial charge is 0.296 e. The first kappa shape index (κ1) is 28.6. The van der Waals surface area contributed by atoms with Gasteiger partial charge in [-0.2, -0.15) is 13.2 Å². The average Bonchev–Trinajstić information content (AvgIpc) is 2.88. The Bertz CT molecular complexity index is 1320. The third-order valence-electron chi connectivity index (χ3n) is 8.64. The molecule has 5 atom stereocenters. The van der Waals surface area contributed by atoms with E-state index < -0.39 is 37.3 Å². The molecule has 0 amide bonds. The van der Waals surface area contributed by atoms with Crippen LogP contribution in [0, 0.1) is 29.4 Å². The predicted molar refractivity (Wildman–Crippen MR) is 144 cm³/mol. The third-order valence-corrected chi connectivity index (χ3v) is 11.9. The highest BCUT2D eigenvalue weighted by atomic mass is 32.2. The second kappa shape index (κ2) is 10.6. The van der Waals surface area contributed by atoms with Crippen molar-refractivity contribution in [2.24, 2.45) is 17.8 Å². The number of fused-ring (bicyclic) bond motifs is 1. The van der Waals surface area contributed by atoms with Crippen molar-refractivity contribution in [3.63, 3.8) is 0 Å². The molecular formula is C30H34F5NOS. The summed E-state index contributed by atoms with van der Waals surface area (Å²) in [5.74, 6) is 3.84. The monoisotopic (exact) mass is 551 g/mol. The van der Waals surface area contributed by atoms with Gasteiger partial charge in [0.15, 0.2) is 5.23 Å². The molecule has 2 aromatic carbocycles. The second-order valence-corrected chi connectivity index (χ2v) is 13.9. The van der Waals surface area contributed by atoms with Crippen molar-refractivity contribution < 1.29 is 26.7 Å². The molecule has 1 aliphatic heterocycles. The lowest BCUT2D eigenvalue weighted by Crippen LogP contribution is -2.54. The lowest BCUT2D eigenvalue weighted by Gasteiger charge is -2.54. The Morgan fingerprint density at radius 2 is 1.87 bits per heavy atom. The van der Waals surface area contributed by atoms with Gasteiger partial charge in [-0.15, -0.1) is 6.58 Å². The molecule has 4 unspecified atom stereocenters. The molecule has 206 valence electrons. The van der Waals surface area contributed by atoms with E-state index in [0.717, 1.165) is 43.3 Å². The maximum Gasteiger partial charge on any atom is 0.416 e. The van der Waals surface area contributed by atoms with Crippen LogP contribution in [0.4, 0.5) is 22.0 Å². The summed E-state index contributed by atoms with van der Waals surface area (Å²) in [6.45, 7) is 9.85. The highest BCUT2D eigenvalue weighted by Crippen LogP contribution is 2.62. The number of carbonyl (C=O) groups excluding carboxylic acids is 1. The zero-order chi connectivity index (χ0) is 27.9. The van der Waals surface area contributed by atoms with Crippen molar-refractivity contribution >= 4 is 20.3 Å². The van der Waals surface area contributed by atoms with Gasteiger partial charge >= 0.3 is 6.18 Å². The lowest BCUT2D eigenvalue weighted by atomic mass is 9.67. The molecule has 4 rings (SSSR count). The molecule has 38 heavy (non-hydrogen) atoms. The molecule has 0 N–H and O–H groups in total. The minimum absolute atomic E-state index is 0.0592. The predicted octanol–water partition coefficient (Wildman–Crippen LogP) is 7.87. The number of nitrogens with zero attached hydrogens (tertiary/aromatic N) is 1. The van der Waals surface area contributed by atoms with Gasteiger partial charge in [-0.1, -0.05) is 35.0 Å². The zero-order valence-corrected chi connectivity index (χ0v) is 22.6. The van der Waals surface area contributed by atoms with Crippen LogP contribution in [0.5, 0.6) is 0 Å². The number of likely N-dealkylation sites (tertiary alicyclic amines) is 1. The van der Waals surface area contributed by atoms with Gasteiger partial charge in [-0.3, -0.25) is 4.90 Å². The van der Waals surface area contributed by atoms with E-state index in [1.807, 2.05) is 6.08 Å². The molecule has 1 heterocycles. The summed E-state index contributed by atoms with van der Waals surface area (Å²) < 4.78 is 68.8. The van der Waals surface area contributed by atoms with Crippen LogP contribution in [0.1, 0.15) is 50.7 Å². The Kier molecular flexibility index (Phi) is 8.00. The first-order chi connectivity index (χ1) is 17.9. The SMILES string of the molecule is C=CCN1C[C@@H](C(C)C)CC2CC(c3cc(F)ccc3F)(S(=C)(=C=O)c3ccc(C(F)(F)F)cc3)CCC21. The van der Waals surface area contributed by atoms with Gasteiger partial charge in [0, 0.05) is 34.3 Å². The van der Waals surface area contributed by atoms with Gasteiger partial charge < -0.3 is 0 Å². The second-order valence-electron chi connectivity index (χ2n) is 11.0. The molecule has 2 fully saturated rings. The summed E-state index contributed by atoms with van der Waals surface area (Å²) >= 11 is 0. The quantitative estimate of drug-likeness (QED) is 0.207. The molecule has 8 heteroatoms. The van der Waals surface area contributed by atoms with Gasteiger partial charge in [0.25, 0.3) is 0 Å². The van der Waals surface area contributed by atoms with Crippen molar-refractivity contribution in [3.05, 3.63) is 77.9 Å². The van der Waals surface area contributed by atoms with E-state index in [9.17, 15) is 22.4 Å². The first-order valence-corrected chi connectivity index (χ1v) is 14.7. The number of halogens is 5. The van der Waals surface area contributed by atoms with Crippen molar-refractivity contribution in [3.8, 4) is 0 Å². The van der Waals surface area contributed by atoms with Gasteiger partial charge in [0.1, 0.15) is 11.6 Å². The molecule has 0 aromatic heterocycles. The minimum atomic E-state index is -4.55. The summed E-state index contributed by atoms with van der Waals surface area (Å²) in [5, 5.41) is 2.10. The fourth-order valence-electron chi connectivity index (χ4n) is 6.58. The molecule has 2 aliphatic rings. The van der Waals surface area contributed by atoms with Crippen molar-refractivity contribution in [1.29, 1.82) is 0 Å². The molecule has 0 bridgehead atoms. The van der Waals surface area contributed by atoms with Crippen LogP contribution in [0.15, 0.2) is 60.0 Å². The Morgan fingerprint density at radius 3 is 2.45 bits per heavy atom. The van der Waals surface area contributed by atoms with Crippen LogP contribution in [0.3, 0.4) is 0 Å². The van der Waals surface area contributed by atoms with Crippen molar-refractivity contribution in [2.75, 3.05) is 13.1 Å². The topological polar surface area (TPSA) is 20.3 Å². The Morgan fingerprint density at radius 1 is 1.18 bits per heavy atom. The fraction of sp³-hybridized carbons (Fsp3) is 0.467. The number of piperidine rings is 1. The number of hydrogen-bond donors (Lipinski definition) is 0. The normalized spacial score (nSPS) is 27.8. The third kappa shape index (κ3) is 4.99. The number of benzene rings is 2. The molecule has 1 aliphatic carbocycles. The van der Waals surface area contributed by atoms with E-state index in [4.69, 9.17) is 0 Å². The van der Waals surface area contributed by atoms with E-state index in [-0.39, 0.29) is 22.4 Å². The highest BCUT2D eigenvalue weighted by molar-refractivity contribution is 8.28. The summed E-state index contributed by atoms with van der Waals surface area (Å²) in [4.78, 5) is 15.5. The van der Waals surface area contributed by atoms with E-state index in [1.54, 1.807) is 0 Å². The largest absolute Gasteiger partial charge is 0.416 e. The standard InChI is InChI=1S/C30H34F5NOS/c1-5-14-36-18-22(20(2)3)15-21-17-29(13-12-28(21)36,26-16-24(31)8-11-27(26)32)38(4,19-37)25-9-6-23(7-10-25)30(33,34)35/h5-11,16,20-22,28H,1,4,12-15,17-18H2,2-3H3/t21?,22-,28?,29?,38?/m0/s1. The van der Waals surface area contributed by atoms with Crippen LogP contribution in [0.25, 0.3) is 0 Å². The number of alkyl halides is 3. The molecule has 2 nitrogen and oxygen atoms in total. The number of hydrogen-bond acceptors (Lipinski definition) is 2. The Labute approximate surface area is 222 Å². The van der Waals surface area contributed by atoms with E-state index in [2.05, 4.69) is 36.4 Å². The van der Waals surface area contributed by atoms with Gasteiger partial charge in [-0.05, 0) is 85.9 Å². The van der Waals surface area contributed by atoms with Crippen LogP contribution in [0.2, 0.25) is 0 Å².